The average molecular weight is 666 g/mol. The molecule has 3 heteroatoms. The highest BCUT2D eigenvalue weighted by molar-refractivity contribution is 6.13. The molecule has 0 saturated heterocycles. The van der Waals surface area contributed by atoms with Gasteiger partial charge in [-0.05, 0) is 124 Å². The van der Waals surface area contributed by atoms with E-state index < -0.39 is 0 Å². The van der Waals surface area contributed by atoms with Gasteiger partial charge in [-0.3, -0.25) is 0 Å². The van der Waals surface area contributed by atoms with Gasteiger partial charge in [0.15, 0.2) is 0 Å². The lowest BCUT2D eigenvalue weighted by atomic mass is 9.93. The molecule has 2 aromatic heterocycles. The number of hydrogen-bond acceptors (Lipinski definition) is 3. The van der Waals surface area contributed by atoms with Crippen LogP contribution in [0.1, 0.15) is 11.1 Å². The number of benzene rings is 8. The number of rotatable bonds is 5. The minimum atomic E-state index is 0.862. The molecule has 0 N–H and O–H groups in total. The van der Waals surface area contributed by atoms with Crippen molar-refractivity contribution in [2.75, 3.05) is 4.90 Å². The first-order chi connectivity index (χ1) is 25.7. The summed E-state index contributed by atoms with van der Waals surface area (Å²) in [6, 6.07) is 62.8. The summed E-state index contributed by atoms with van der Waals surface area (Å²) in [7, 11) is 0. The van der Waals surface area contributed by atoms with Crippen LogP contribution in [0.15, 0.2) is 185 Å². The van der Waals surface area contributed by atoms with Crippen LogP contribution in [0, 0.1) is 0 Å². The lowest BCUT2D eigenvalue weighted by molar-refractivity contribution is 0.669. The number of hydrogen-bond donors (Lipinski definition) is 0. The topological polar surface area (TPSA) is 29.5 Å². The van der Waals surface area contributed by atoms with Crippen LogP contribution < -0.4 is 4.90 Å². The first-order valence-electron chi connectivity index (χ1n) is 17.8. The van der Waals surface area contributed by atoms with Crippen molar-refractivity contribution in [2.24, 2.45) is 0 Å². The molecule has 52 heavy (non-hydrogen) atoms. The molecule has 0 fully saturated rings. The Morgan fingerprint density at radius 2 is 0.962 bits per heavy atom. The Bertz CT molecular complexity index is 2950. The molecule has 0 aliphatic heterocycles. The Balaban J connectivity index is 1.16. The molecule has 0 bridgehead atoms. The fourth-order valence-corrected chi connectivity index (χ4v) is 8.18. The number of anilines is 3. The van der Waals surface area contributed by atoms with Gasteiger partial charge in [0, 0.05) is 44.2 Å². The summed E-state index contributed by atoms with van der Waals surface area (Å²) in [6.07, 6.45) is 0.965. The molecule has 244 valence electrons. The van der Waals surface area contributed by atoms with Gasteiger partial charge in [-0.2, -0.15) is 0 Å². The monoisotopic (exact) mass is 665 g/mol. The highest BCUT2D eigenvalue weighted by Gasteiger charge is 2.22. The standard InChI is InChI=1S/C49H31NO2/c1-3-12-36(13-4-1)50(37-14-5-2-6-15-37)38-22-24-48-44(30-38)45-29-35(31-21-23-47-43(26-31)40-17-9-10-18-46(40)51-47)28-42(49(45)52-48)34-20-19-33-25-32-11-7-8-16-39(32)41(33)27-34/h1-24,26-30H,25H2. The predicted octanol–water partition coefficient (Wildman–Crippen LogP) is 13.9. The van der Waals surface area contributed by atoms with Crippen LogP contribution in [0.25, 0.3) is 77.3 Å². The highest BCUT2D eigenvalue weighted by Crippen LogP contribution is 2.45. The van der Waals surface area contributed by atoms with E-state index in [1.807, 2.05) is 12.1 Å². The van der Waals surface area contributed by atoms with E-state index in [2.05, 4.69) is 169 Å². The van der Waals surface area contributed by atoms with Crippen molar-refractivity contribution in [3.63, 3.8) is 0 Å². The second-order valence-corrected chi connectivity index (χ2v) is 13.7. The van der Waals surface area contributed by atoms with Crippen LogP contribution in [0.3, 0.4) is 0 Å². The first kappa shape index (κ1) is 28.9. The van der Waals surface area contributed by atoms with Crippen LogP contribution in [-0.2, 0) is 6.42 Å². The van der Waals surface area contributed by atoms with Gasteiger partial charge in [0.1, 0.15) is 22.3 Å². The third kappa shape index (κ3) is 4.53. The normalized spacial score (nSPS) is 12.2. The molecule has 1 aliphatic rings. The number of furan rings is 2. The van der Waals surface area contributed by atoms with Gasteiger partial charge >= 0.3 is 0 Å². The lowest BCUT2D eigenvalue weighted by Crippen LogP contribution is -2.09. The Kier molecular flexibility index (Phi) is 6.31. The Morgan fingerprint density at radius 3 is 1.81 bits per heavy atom. The Labute approximate surface area is 300 Å². The highest BCUT2D eigenvalue weighted by atomic mass is 16.3. The zero-order valence-electron chi connectivity index (χ0n) is 28.2. The van der Waals surface area contributed by atoms with Crippen LogP contribution in [-0.4, -0.2) is 0 Å². The summed E-state index contributed by atoms with van der Waals surface area (Å²) < 4.78 is 13.1. The Hall–Kier alpha value is -6.84. The van der Waals surface area contributed by atoms with E-state index in [0.717, 1.165) is 89.6 Å². The van der Waals surface area contributed by atoms with Gasteiger partial charge in [-0.1, -0.05) is 97.1 Å². The van der Waals surface area contributed by atoms with E-state index in [9.17, 15) is 0 Å². The van der Waals surface area contributed by atoms with Gasteiger partial charge in [0.05, 0.1) is 0 Å². The van der Waals surface area contributed by atoms with Gasteiger partial charge in [0.25, 0.3) is 0 Å². The maximum atomic E-state index is 6.85. The molecule has 0 saturated carbocycles. The van der Waals surface area contributed by atoms with Crippen molar-refractivity contribution in [1.82, 2.24) is 0 Å². The number of fused-ring (bicyclic) bond motifs is 9. The van der Waals surface area contributed by atoms with Crippen molar-refractivity contribution < 1.29 is 8.83 Å². The molecule has 2 heterocycles. The molecule has 1 aliphatic carbocycles. The van der Waals surface area contributed by atoms with Gasteiger partial charge < -0.3 is 13.7 Å². The van der Waals surface area contributed by atoms with E-state index in [1.165, 1.54) is 22.3 Å². The maximum Gasteiger partial charge on any atom is 0.143 e. The van der Waals surface area contributed by atoms with E-state index >= 15 is 0 Å². The summed E-state index contributed by atoms with van der Waals surface area (Å²) in [4.78, 5) is 2.30. The lowest BCUT2D eigenvalue weighted by Gasteiger charge is -2.25. The predicted molar refractivity (Wildman–Crippen MR) is 215 cm³/mol. The van der Waals surface area contributed by atoms with Crippen LogP contribution >= 0.6 is 0 Å². The molecule has 0 unspecified atom stereocenters. The summed E-state index contributed by atoms with van der Waals surface area (Å²) in [6.45, 7) is 0. The summed E-state index contributed by atoms with van der Waals surface area (Å²) in [5, 5.41) is 4.40. The summed E-state index contributed by atoms with van der Waals surface area (Å²) >= 11 is 0. The van der Waals surface area contributed by atoms with Crippen LogP contribution in [0.5, 0.6) is 0 Å². The zero-order chi connectivity index (χ0) is 34.2. The average Bonchev–Trinajstić information content (AvgIpc) is 3.89. The molecule has 8 aromatic carbocycles. The maximum absolute atomic E-state index is 6.85. The van der Waals surface area contributed by atoms with Crippen molar-refractivity contribution >= 4 is 60.9 Å². The second kappa shape index (κ2) is 11.3. The summed E-state index contributed by atoms with van der Waals surface area (Å²) in [5.41, 5.74) is 16.7. The molecular formula is C49H31NO2. The molecule has 10 aromatic rings. The molecule has 0 spiro atoms. The summed E-state index contributed by atoms with van der Waals surface area (Å²) in [5.74, 6) is 0. The largest absolute Gasteiger partial charge is 0.456 e. The van der Waals surface area contributed by atoms with Gasteiger partial charge in [-0.15, -0.1) is 0 Å². The van der Waals surface area contributed by atoms with E-state index in [4.69, 9.17) is 8.83 Å². The zero-order valence-corrected chi connectivity index (χ0v) is 28.2. The Morgan fingerprint density at radius 1 is 0.346 bits per heavy atom. The molecule has 0 radical (unpaired) electrons. The third-order valence-electron chi connectivity index (χ3n) is 10.7. The van der Waals surface area contributed by atoms with E-state index in [-0.39, 0.29) is 0 Å². The van der Waals surface area contributed by atoms with Crippen LogP contribution in [0.4, 0.5) is 17.1 Å². The molecular weight excluding hydrogens is 635 g/mol. The van der Waals surface area contributed by atoms with Crippen molar-refractivity contribution in [3.05, 3.63) is 187 Å². The number of nitrogens with zero attached hydrogens (tertiary/aromatic N) is 1. The molecule has 11 rings (SSSR count). The first-order valence-corrected chi connectivity index (χ1v) is 17.8. The van der Waals surface area contributed by atoms with Crippen molar-refractivity contribution in [1.29, 1.82) is 0 Å². The van der Waals surface area contributed by atoms with E-state index in [1.54, 1.807) is 0 Å². The van der Waals surface area contributed by atoms with Crippen LogP contribution in [0.2, 0.25) is 0 Å². The fourth-order valence-electron chi connectivity index (χ4n) is 8.18. The SMILES string of the molecule is c1ccc(N(c2ccccc2)c2ccc3oc4c(-c5ccc6c(c5)-c5ccccc5C6)cc(-c5ccc6oc7ccccc7c6c5)cc4c3c2)cc1. The van der Waals surface area contributed by atoms with Gasteiger partial charge in [-0.25, -0.2) is 0 Å². The quantitative estimate of drug-likeness (QED) is 0.183. The third-order valence-corrected chi connectivity index (χ3v) is 10.7. The van der Waals surface area contributed by atoms with Gasteiger partial charge in [0.2, 0.25) is 0 Å². The molecule has 3 nitrogen and oxygen atoms in total. The minimum Gasteiger partial charge on any atom is -0.456 e. The molecule has 0 amide bonds. The minimum absolute atomic E-state index is 0.862. The fraction of sp³-hybridized carbons (Fsp3) is 0.0204. The van der Waals surface area contributed by atoms with Crippen molar-refractivity contribution in [2.45, 2.75) is 6.42 Å². The number of para-hydroxylation sites is 3. The van der Waals surface area contributed by atoms with E-state index in [0.29, 0.717) is 0 Å². The smallest absolute Gasteiger partial charge is 0.143 e. The molecule has 0 atom stereocenters. The van der Waals surface area contributed by atoms with Crippen molar-refractivity contribution in [3.8, 4) is 33.4 Å². The second-order valence-electron chi connectivity index (χ2n) is 13.7.